The molecule has 0 fully saturated rings. The van der Waals surface area contributed by atoms with E-state index in [1.165, 1.54) is 23.9 Å². The number of amides is 1. The summed E-state index contributed by atoms with van der Waals surface area (Å²) in [6.45, 7) is 2.39. The van der Waals surface area contributed by atoms with Crippen molar-refractivity contribution in [1.82, 2.24) is 15.0 Å². The van der Waals surface area contributed by atoms with E-state index in [9.17, 15) is 14.9 Å². The van der Waals surface area contributed by atoms with Crippen molar-refractivity contribution in [2.75, 3.05) is 5.75 Å². The Kier molecular flexibility index (Phi) is 6.80. The molecule has 166 valence electrons. The van der Waals surface area contributed by atoms with Crippen LogP contribution in [0.4, 0.5) is 5.69 Å². The number of nitro groups is 1. The van der Waals surface area contributed by atoms with E-state index in [-0.39, 0.29) is 17.3 Å². The standard InChI is InChI=1S/C24H21N5O3S/c1-17(19-11-13-20(14-12-19)29(31)32)26-27-23(30)16-33-24-25-21-9-5-6-10-22(21)28(24)15-18-7-3-2-4-8-18/h2-14H,15-16H2,1H3,(H,27,30)/b26-17-. The van der Waals surface area contributed by atoms with Gasteiger partial charge in [-0.3, -0.25) is 14.9 Å². The van der Waals surface area contributed by atoms with Crippen molar-refractivity contribution in [2.24, 2.45) is 5.10 Å². The first-order valence-electron chi connectivity index (χ1n) is 10.2. The smallest absolute Gasteiger partial charge is 0.269 e. The summed E-state index contributed by atoms with van der Waals surface area (Å²) < 4.78 is 2.11. The van der Waals surface area contributed by atoms with E-state index in [4.69, 9.17) is 4.98 Å². The molecule has 33 heavy (non-hydrogen) atoms. The quantitative estimate of drug-likeness (QED) is 0.179. The second-order valence-corrected chi connectivity index (χ2v) is 8.22. The highest BCUT2D eigenvalue weighted by molar-refractivity contribution is 7.99. The first-order chi connectivity index (χ1) is 16.0. The van der Waals surface area contributed by atoms with Crippen LogP contribution in [0.1, 0.15) is 18.1 Å². The second-order valence-electron chi connectivity index (χ2n) is 7.28. The number of imidazole rings is 1. The van der Waals surface area contributed by atoms with Crippen LogP contribution in [0.2, 0.25) is 0 Å². The van der Waals surface area contributed by atoms with Crippen LogP contribution in [0.15, 0.2) is 89.1 Å². The Bertz CT molecular complexity index is 1320. The zero-order valence-corrected chi connectivity index (χ0v) is 18.7. The lowest BCUT2D eigenvalue weighted by Gasteiger charge is -2.09. The lowest BCUT2D eigenvalue weighted by Crippen LogP contribution is -2.21. The van der Waals surface area contributed by atoms with E-state index in [0.29, 0.717) is 17.8 Å². The van der Waals surface area contributed by atoms with Gasteiger partial charge in [0.05, 0.1) is 34.0 Å². The van der Waals surface area contributed by atoms with Crippen molar-refractivity contribution in [3.05, 3.63) is 100 Å². The van der Waals surface area contributed by atoms with E-state index in [2.05, 4.69) is 27.2 Å². The number of nitro benzene ring substituents is 1. The Hall–Kier alpha value is -3.98. The molecule has 8 nitrogen and oxygen atoms in total. The van der Waals surface area contributed by atoms with Crippen molar-refractivity contribution in [3.63, 3.8) is 0 Å². The predicted molar refractivity (Wildman–Crippen MR) is 129 cm³/mol. The number of benzene rings is 3. The predicted octanol–water partition coefficient (Wildman–Crippen LogP) is 4.63. The number of para-hydroxylation sites is 2. The molecule has 9 heteroatoms. The first kappa shape index (κ1) is 22.2. The normalized spacial score (nSPS) is 11.5. The van der Waals surface area contributed by atoms with Crippen LogP contribution < -0.4 is 5.43 Å². The highest BCUT2D eigenvalue weighted by Crippen LogP contribution is 2.25. The molecule has 1 N–H and O–H groups in total. The number of nitrogens with zero attached hydrogens (tertiary/aromatic N) is 4. The highest BCUT2D eigenvalue weighted by atomic mass is 32.2. The van der Waals surface area contributed by atoms with Gasteiger partial charge in [0.2, 0.25) is 0 Å². The molecule has 0 saturated carbocycles. The summed E-state index contributed by atoms with van der Waals surface area (Å²) in [5, 5.41) is 15.7. The van der Waals surface area contributed by atoms with Gasteiger partial charge in [-0.1, -0.05) is 54.2 Å². The summed E-state index contributed by atoms with van der Waals surface area (Å²) in [6, 6.07) is 24.0. The number of thioether (sulfide) groups is 1. The Morgan fingerprint density at radius 1 is 1.06 bits per heavy atom. The molecule has 1 heterocycles. The zero-order valence-electron chi connectivity index (χ0n) is 17.8. The number of hydrogen-bond acceptors (Lipinski definition) is 6. The van der Waals surface area contributed by atoms with Gasteiger partial charge >= 0.3 is 0 Å². The number of non-ortho nitro benzene ring substituents is 1. The number of hydrazone groups is 1. The SMILES string of the molecule is C/C(=N/NC(=O)CSc1nc2ccccc2n1Cc1ccccc1)c1ccc([N+](=O)[O-])cc1. The van der Waals surface area contributed by atoms with Gasteiger partial charge in [-0.2, -0.15) is 5.10 Å². The third-order valence-corrected chi connectivity index (χ3v) is 5.96. The number of carbonyl (C=O) groups is 1. The Morgan fingerprint density at radius 2 is 1.76 bits per heavy atom. The first-order valence-corrected chi connectivity index (χ1v) is 11.2. The molecule has 0 radical (unpaired) electrons. The zero-order chi connectivity index (χ0) is 23.2. The van der Waals surface area contributed by atoms with E-state index in [1.807, 2.05) is 42.5 Å². The van der Waals surface area contributed by atoms with Crippen LogP contribution in [0.3, 0.4) is 0 Å². The summed E-state index contributed by atoms with van der Waals surface area (Å²) in [5.74, 6) is -0.116. The Labute approximate surface area is 194 Å². The van der Waals surface area contributed by atoms with Crippen molar-refractivity contribution in [2.45, 2.75) is 18.6 Å². The maximum absolute atomic E-state index is 12.4. The van der Waals surface area contributed by atoms with Crippen LogP contribution in [0, 0.1) is 10.1 Å². The highest BCUT2D eigenvalue weighted by Gasteiger charge is 2.13. The van der Waals surface area contributed by atoms with Crippen molar-refractivity contribution in [1.29, 1.82) is 0 Å². The summed E-state index contributed by atoms with van der Waals surface area (Å²) in [4.78, 5) is 27.4. The minimum atomic E-state index is -0.458. The molecular formula is C24H21N5O3S. The third-order valence-electron chi connectivity index (χ3n) is 4.98. The Morgan fingerprint density at radius 3 is 2.48 bits per heavy atom. The van der Waals surface area contributed by atoms with E-state index < -0.39 is 4.92 Å². The molecule has 4 aromatic rings. The molecule has 4 rings (SSSR count). The average molecular weight is 460 g/mol. The van der Waals surface area contributed by atoms with Gasteiger partial charge in [0.1, 0.15) is 0 Å². The maximum atomic E-state index is 12.4. The fourth-order valence-corrected chi connectivity index (χ4v) is 4.09. The molecule has 0 aliphatic heterocycles. The van der Waals surface area contributed by atoms with Gasteiger partial charge in [0.25, 0.3) is 11.6 Å². The van der Waals surface area contributed by atoms with Crippen molar-refractivity contribution >= 4 is 40.1 Å². The molecule has 0 unspecified atom stereocenters. The number of fused-ring (bicyclic) bond motifs is 1. The molecule has 3 aromatic carbocycles. The van der Waals surface area contributed by atoms with Crippen LogP contribution >= 0.6 is 11.8 Å². The number of rotatable bonds is 8. The maximum Gasteiger partial charge on any atom is 0.269 e. The third kappa shape index (κ3) is 5.45. The van der Waals surface area contributed by atoms with Crippen molar-refractivity contribution in [3.8, 4) is 0 Å². The Balaban J connectivity index is 1.43. The topological polar surface area (TPSA) is 102 Å². The van der Waals surface area contributed by atoms with Crippen LogP contribution in [0.5, 0.6) is 0 Å². The van der Waals surface area contributed by atoms with E-state index in [0.717, 1.165) is 21.8 Å². The van der Waals surface area contributed by atoms with Crippen LogP contribution in [-0.4, -0.2) is 31.8 Å². The van der Waals surface area contributed by atoms with E-state index in [1.54, 1.807) is 19.1 Å². The number of hydrogen-bond donors (Lipinski definition) is 1. The van der Waals surface area contributed by atoms with Gasteiger partial charge < -0.3 is 4.57 Å². The number of aromatic nitrogens is 2. The number of nitrogens with one attached hydrogen (secondary N) is 1. The van der Waals surface area contributed by atoms with Gasteiger partial charge in [-0.25, -0.2) is 10.4 Å². The molecule has 0 aliphatic carbocycles. The summed E-state index contributed by atoms with van der Waals surface area (Å²) in [5.41, 5.74) is 6.84. The van der Waals surface area contributed by atoms with Gasteiger partial charge in [-0.15, -0.1) is 0 Å². The molecule has 1 aromatic heterocycles. The molecule has 0 saturated heterocycles. The van der Waals surface area contributed by atoms with Crippen LogP contribution in [-0.2, 0) is 11.3 Å². The van der Waals surface area contributed by atoms with Gasteiger partial charge in [0.15, 0.2) is 5.16 Å². The molecule has 0 atom stereocenters. The van der Waals surface area contributed by atoms with Crippen molar-refractivity contribution < 1.29 is 9.72 Å². The number of carbonyl (C=O) groups excluding carboxylic acids is 1. The summed E-state index contributed by atoms with van der Waals surface area (Å²) >= 11 is 1.35. The largest absolute Gasteiger partial charge is 0.314 e. The van der Waals surface area contributed by atoms with Crippen LogP contribution in [0.25, 0.3) is 11.0 Å². The monoisotopic (exact) mass is 459 g/mol. The molecule has 1 amide bonds. The van der Waals surface area contributed by atoms with E-state index >= 15 is 0 Å². The average Bonchev–Trinajstić information content (AvgIpc) is 3.19. The fourth-order valence-electron chi connectivity index (χ4n) is 3.28. The minimum Gasteiger partial charge on any atom is -0.314 e. The van der Waals surface area contributed by atoms with Gasteiger partial charge in [-0.05, 0) is 42.3 Å². The minimum absolute atomic E-state index is 0.00498. The summed E-state index contributed by atoms with van der Waals surface area (Å²) in [7, 11) is 0. The second kappa shape index (κ2) is 10.1. The lowest BCUT2D eigenvalue weighted by molar-refractivity contribution is -0.384. The molecule has 0 spiro atoms. The van der Waals surface area contributed by atoms with Gasteiger partial charge in [0, 0.05) is 12.1 Å². The molecule has 0 bridgehead atoms. The molecular weight excluding hydrogens is 438 g/mol. The fraction of sp³-hybridized carbons (Fsp3) is 0.125. The summed E-state index contributed by atoms with van der Waals surface area (Å²) in [6.07, 6.45) is 0. The molecule has 0 aliphatic rings. The lowest BCUT2D eigenvalue weighted by atomic mass is 10.1.